The molecule has 2 N–H and O–H groups in total. The van der Waals surface area contributed by atoms with Crippen molar-refractivity contribution in [2.24, 2.45) is 0 Å². The third kappa shape index (κ3) is 4.73. The number of aromatic carboxylic acids is 1. The van der Waals surface area contributed by atoms with Crippen LogP contribution >= 0.6 is 23.1 Å². The highest BCUT2D eigenvalue weighted by molar-refractivity contribution is 8.01. The summed E-state index contributed by atoms with van der Waals surface area (Å²) in [6.07, 6.45) is 2.82. The van der Waals surface area contributed by atoms with Gasteiger partial charge in [-0.2, -0.15) is 0 Å². The van der Waals surface area contributed by atoms with Gasteiger partial charge in [-0.3, -0.25) is 4.79 Å². The Morgan fingerprint density at radius 3 is 2.83 bits per heavy atom. The average Bonchev–Trinajstić information content (AvgIpc) is 3.32. The van der Waals surface area contributed by atoms with Crippen LogP contribution in [-0.2, 0) is 4.79 Å². The first-order valence-electron chi connectivity index (χ1n) is 8.86. The van der Waals surface area contributed by atoms with E-state index in [9.17, 15) is 14.7 Å². The molecule has 29 heavy (non-hydrogen) atoms. The summed E-state index contributed by atoms with van der Waals surface area (Å²) in [5.41, 5.74) is 0.671. The van der Waals surface area contributed by atoms with Crippen molar-refractivity contribution >= 4 is 40.8 Å². The SMILES string of the molecule is [C-]#[N+]C1CN(CCSc2ncc(C(=O)O)s2)N(c2ccc(C(O)CC)cn2)C1=O. The van der Waals surface area contributed by atoms with Crippen LogP contribution in [0.4, 0.5) is 5.82 Å². The van der Waals surface area contributed by atoms with Gasteiger partial charge < -0.3 is 15.1 Å². The average molecular weight is 434 g/mol. The van der Waals surface area contributed by atoms with Gasteiger partial charge in [0.15, 0.2) is 10.2 Å². The topological polar surface area (TPSA) is 111 Å². The third-order valence-corrected chi connectivity index (χ3v) is 6.47. The molecule has 1 amide bonds. The fraction of sp³-hybridized carbons (Fsp3) is 0.389. The summed E-state index contributed by atoms with van der Waals surface area (Å²) in [4.78, 5) is 35.5. The van der Waals surface area contributed by atoms with Crippen LogP contribution < -0.4 is 5.01 Å². The molecule has 9 nitrogen and oxygen atoms in total. The van der Waals surface area contributed by atoms with Crippen molar-refractivity contribution in [2.45, 2.75) is 29.8 Å². The highest BCUT2D eigenvalue weighted by atomic mass is 32.2. The molecule has 0 aromatic carbocycles. The zero-order valence-corrected chi connectivity index (χ0v) is 17.2. The molecule has 1 aliphatic rings. The molecular formula is C18H19N5O4S2. The lowest BCUT2D eigenvalue weighted by atomic mass is 10.1. The number of anilines is 1. The van der Waals surface area contributed by atoms with E-state index in [0.29, 0.717) is 34.4 Å². The molecular weight excluding hydrogens is 414 g/mol. The number of thioether (sulfide) groups is 1. The molecule has 2 atom stereocenters. The number of hydrazine groups is 1. The van der Waals surface area contributed by atoms with Crippen LogP contribution in [0.3, 0.4) is 0 Å². The van der Waals surface area contributed by atoms with Crippen LogP contribution in [0.5, 0.6) is 0 Å². The van der Waals surface area contributed by atoms with Gasteiger partial charge in [-0.05, 0) is 18.1 Å². The van der Waals surface area contributed by atoms with Gasteiger partial charge in [0.2, 0.25) is 0 Å². The first kappa shape index (κ1) is 21.2. The molecule has 152 valence electrons. The highest BCUT2D eigenvalue weighted by Gasteiger charge is 2.44. The van der Waals surface area contributed by atoms with Crippen molar-refractivity contribution in [2.75, 3.05) is 23.9 Å². The standard InChI is InChI=1S/C18H19N5O4S2/c1-3-13(24)11-4-5-15(20-8-11)23-16(25)12(19-2)10-22(23)6-7-28-18-21-9-14(29-18)17(26)27/h4-5,8-9,12-13,24H,3,6-7,10H2,1H3,(H,26,27). The molecule has 1 aliphatic heterocycles. The van der Waals surface area contributed by atoms with Crippen LogP contribution in [-0.4, -0.2) is 62.0 Å². The number of pyridine rings is 1. The van der Waals surface area contributed by atoms with Gasteiger partial charge in [0.1, 0.15) is 11.4 Å². The van der Waals surface area contributed by atoms with Crippen LogP contribution in [0.2, 0.25) is 0 Å². The summed E-state index contributed by atoms with van der Waals surface area (Å²) in [7, 11) is 0. The normalized spacial score (nSPS) is 18.0. The van der Waals surface area contributed by atoms with Gasteiger partial charge in [0.05, 0.1) is 12.3 Å². The smallest absolute Gasteiger partial charge is 0.347 e. The first-order chi connectivity index (χ1) is 13.9. The van der Waals surface area contributed by atoms with E-state index in [1.54, 1.807) is 17.1 Å². The lowest BCUT2D eigenvalue weighted by Crippen LogP contribution is -2.41. The summed E-state index contributed by atoms with van der Waals surface area (Å²) < 4.78 is 0.636. The number of carbonyl (C=O) groups excluding carboxylic acids is 1. The van der Waals surface area contributed by atoms with E-state index in [-0.39, 0.29) is 17.3 Å². The number of carboxylic acids is 1. The number of aliphatic hydroxyl groups excluding tert-OH is 1. The van der Waals surface area contributed by atoms with E-state index in [2.05, 4.69) is 14.8 Å². The second-order valence-corrected chi connectivity index (χ2v) is 8.60. The monoisotopic (exact) mass is 433 g/mol. The summed E-state index contributed by atoms with van der Waals surface area (Å²) in [6, 6.07) is 2.60. The minimum absolute atomic E-state index is 0.178. The van der Waals surface area contributed by atoms with E-state index < -0.39 is 18.1 Å². The third-order valence-electron chi connectivity index (χ3n) is 4.35. The molecule has 0 saturated carbocycles. The molecule has 0 bridgehead atoms. The van der Waals surface area contributed by atoms with E-state index in [1.165, 1.54) is 29.2 Å². The molecule has 0 spiro atoms. The Bertz CT molecular complexity index is 927. The molecule has 1 fully saturated rings. The van der Waals surface area contributed by atoms with E-state index in [0.717, 1.165) is 11.3 Å². The van der Waals surface area contributed by atoms with Crippen molar-refractivity contribution in [3.8, 4) is 0 Å². The molecule has 0 aliphatic carbocycles. The Morgan fingerprint density at radius 1 is 1.45 bits per heavy atom. The van der Waals surface area contributed by atoms with Gasteiger partial charge >= 0.3 is 17.9 Å². The van der Waals surface area contributed by atoms with E-state index >= 15 is 0 Å². The Morgan fingerprint density at radius 2 is 2.24 bits per heavy atom. The minimum atomic E-state index is -1.01. The molecule has 0 radical (unpaired) electrons. The number of thiazole rings is 1. The Hall–Kier alpha value is -2.52. The summed E-state index contributed by atoms with van der Waals surface area (Å²) in [5, 5.41) is 22.1. The number of hydrogen-bond acceptors (Lipinski definition) is 8. The van der Waals surface area contributed by atoms with Crippen molar-refractivity contribution in [3.05, 3.63) is 46.4 Å². The first-order valence-corrected chi connectivity index (χ1v) is 10.7. The molecule has 1 saturated heterocycles. The Balaban J connectivity index is 1.69. The van der Waals surface area contributed by atoms with Crippen LogP contribution in [0.25, 0.3) is 4.85 Å². The number of nitrogens with zero attached hydrogens (tertiary/aromatic N) is 5. The molecule has 2 aromatic rings. The second-order valence-electron chi connectivity index (χ2n) is 6.23. The molecule has 3 rings (SSSR count). The summed E-state index contributed by atoms with van der Waals surface area (Å²) in [6.45, 7) is 9.87. The quantitative estimate of drug-likeness (QED) is 0.482. The van der Waals surface area contributed by atoms with Gasteiger partial charge in [0, 0.05) is 18.5 Å². The number of aromatic nitrogens is 2. The molecule has 3 heterocycles. The Kier molecular flexibility index (Phi) is 6.81. The van der Waals surface area contributed by atoms with Crippen molar-refractivity contribution in [1.29, 1.82) is 0 Å². The zero-order valence-electron chi connectivity index (χ0n) is 15.6. The number of carbonyl (C=O) groups is 2. The maximum Gasteiger partial charge on any atom is 0.347 e. The maximum absolute atomic E-state index is 12.6. The molecule has 2 aromatic heterocycles. The van der Waals surface area contributed by atoms with Crippen LogP contribution in [0.15, 0.2) is 28.9 Å². The number of carboxylic acid groups (broad SMARTS) is 1. The lowest BCUT2D eigenvalue weighted by Gasteiger charge is -2.25. The van der Waals surface area contributed by atoms with E-state index in [4.69, 9.17) is 11.7 Å². The number of amides is 1. The van der Waals surface area contributed by atoms with Crippen molar-refractivity contribution in [1.82, 2.24) is 15.0 Å². The maximum atomic E-state index is 12.6. The number of rotatable bonds is 8. The largest absolute Gasteiger partial charge is 0.477 e. The fourth-order valence-corrected chi connectivity index (χ4v) is 4.65. The van der Waals surface area contributed by atoms with Gasteiger partial charge in [-0.25, -0.2) is 31.4 Å². The summed E-state index contributed by atoms with van der Waals surface area (Å²) in [5.74, 6) is -0.370. The summed E-state index contributed by atoms with van der Waals surface area (Å²) >= 11 is 2.50. The number of hydrogen-bond donors (Lipinski definition) is 2. The van der Waals surface area contributed by atoms with Crippen LogP contribution in [0.1, 0.15) is 34.7 Å². The van der Waals surface area contributed by atoms with Gasteiger partial charge in [0.25, 0.3) is 0 Å². The predicted octanol–water partition coefficient (Wildman–Crippen LogP) is 2.32. The van der Waals surface area contributed by atoms with Crippen molar-refractivity contribution < 1.29 is 19.8 Å². The lowest BCUT2D eigenvalue weighted by molar-refractivity contribution is -0.118. The molecule has 11 heteroatoms. The zero-order chi connectivity index (χ0) is 21.0. The Labute approximate surface area is 175 Å². The predicted molar refractivity (Wildman–Crippen MR) is 109 cm³/mol. The highest BCUT2D eigenvalue weighted by Crippen LogP contribution is 2.27. The molecule has 2 unspecified atom stereocenters. The van der Waals surface area contributed by atoms with E-state index in [1.807, 2.05) is 6.92 Å². The van der Waals surface area contributed by atoms with Gasteiger partial charge in [-0.15, -0.1) is 11.3 Å². The minimum Gasteiger partial charge on any atom is -0.477 e. The second kappa shape index (κ2) is 9.32. The van der Waals surface area contributed by atoms with Crippen molar-refractivity contribution in [3.63, 3.8) is 0 Å². The fourth-order valence-electron chi connectivity index (χ4n) is 2.80. The number of aliphatic hydroxyl groups is 1. The van der Waals surface area contributed by atoms with Gasteiger partial charge in [-0.1, -0.05) is 24.8 Å². The van der Waals surface area contributed by atoms with Crippen LogP contribution in [0, 0.1) is 6.57 Å².